The van der Waals surface area contributed by atoms with Gasteiger partial charge in [0.1, 0.15) is 0 Å². The summed E-state index contributed by atoms with van der Waals surface area (Å²) in [6, 6.07) is 3.92. The van der Waals surface area contributed by atoms with Crippen LogP contribution in [0.4, 0.5) is 5.69 Å². The Hall–Kier alpha value is -1.11. The van der Waals surface area contributed by atoms with E-state index < -0.39 is 0 Å². The quantitative estimate of drug-likeness (QED) is 0.358. The number of amides is 1. The minimum atomic E-state index is -0.0937. The molecule has 1 aliphatic carbocycles. The molecule has 1 atom stereocenters. The number of benzene rings is 1. The molecule has 0 aliphatic heterocycles. The van der Waals surface area contributed by atoms with Gasteiger partial charge in [-0.25, -0.2) is 0 Å². The number of carbonyl (C=O) groups excluding carboxylic acids is 1. The van der Waals surface area contributed by atoms with Crippen molar-refractivity contribution in [2.45, 2.75) is 57.9 Å². The third kappa shape index (κ3) is 5.69. The molecule has 0 bridgehead atoms. The highest BCUT2D eigenvalue weighted by Crippen LogP contribution is 2.39. The van der Waals surface area contributed by atoms with Crippen molar-refractivity contribution in [1.82, 2.24) is 10.6 Å². The summed E-state index contributed by atoms with van der Waals surface area (Å²) in [7, 11) is 0. The summed E-state index contributed by atoms with van der Waals surface area (Å²) < 4.78 is 0.772. The Morgan fingerprint density at radius 1 is 1.31 bits per heavy atom. The molecule has 1 fully saturated rings. The zero-order valence-electron chi connectivity index (χ0n) is 15.7. The number of anilines is 1. The highest BCUT2D eigenvalue weighted by atomic mass is 79.9. The number of halogens is 1. The van der Waals surface area contributed by atoms with Crippen LogP contribution >= 0.6 is 15.9 Å². The van der Waals surface area contributed by atoms with Gasteiger partial charge in [0.2, 0.25) is 0 Å². The van der Waals surface area contributed by atoms with Crippen molar-refractivity contribution in [3.63, 3.8) is 0 Å². The first kappa shape index (κ1) is 21.2. The van der Waals surface area contributed by atoms with Crippen LogP contribution in [0.5, 0.6) is 0 Å². The topological polar surface area (TPSA) is 87.4 Å². The predicted octanol–water partition coefficient (Wildman–Crippen LogP) is 3.76. The second-order valence-corrected chi connectivity index (χ2v) is 7.94. The second-order valence-electron chi connectivity index (χ2n) is 7.08. The normalized spacial score (nSPS) is 16.4. The van der Waals surface area contributed by atoms with Gasteiger partial charge in [-0.3, -0.25) is 4.79 Å². The van der Waals surface area contributed by atoms with E-state index in [1.54, 1.807) is 6.07 Å². The van der Waals surface area contributed by atoms with Crippen molar-refractivity contribution < 1.29 is 9.90 Å². The maximum atomic E-state index is 12.5. The average Bonchev–Trinajstić information content (AvgIpc) is 2.66. The first-order valence-electron chi connectivity index (χ1n) is 9.79. The molecule has 1 amide bonds. The van der Waals surface area contributed by atoms with Crippen LogP contribution in [-0.2, 0) is 0 Å². The Labute approximate surface area is 165 Å². The van der Waals surface area contributed by atoms with Gasteiger partial charge in [-0.05, 0) is 71.8 Å². The minimum Gasteiger partial charge on any atom is -0.398 e. The smallest absolute Gasteiger partial charge is 0.251 e. The lowest BCUT2D eigenvalue weighted by Crippen LogP contribution is -2.31. The number of nitrogens with two attached hydrogens (primary N) is 1. The molecule has 2 rings (SSSR count). The molecule has 1 aromatic carbocycles. The standard InChI is InChI=1S/C20H32BrN3O2/c1-2-23-19(14-8-4-3-5-9-14)16-12-15(13-17(21)18(16)22)20(26)24-10-6-7-11-25/h12-14,19,23,25H,2-11,22H2,1H3,(H,24,26). The zero-order valence-corrected chi connectivity index (χ0v) is 17.3. The lowest BCUT2D eigenvalue weighted by molar-refractivity contribution is 0.0952. The Morgan fingerprint density at radius 3 is 2.69 bits per heavy atom. The molecule has 0 saturated heterocycles. The van der Waals surface area contributed by atoms with Crippen LogP contribution in [0.3, 0.4) is 0 Å². The van der Waals surface area contributed by atoms with E-state index in [0.29, 0.717) is 24.4 Å². The zero-order chi connectivity index (χ0) is 18.9. The Morgan fingerprint density at radius 2 is 2.04 bits per heavy atom. The average molecular weight is 426 g/mol. The molecule has 0 aromatic heterocycles. The van der Waals surface area contributed by atoms with Crippen LogP contribution in [0.2, 0.25) is 0 Å². The summed E-state index contributed by atoms with van der Waals surface area (Å²) >= 11 is 3.54. The van der Waals surface area contributed by atoms with Crippen molar-refractivity contribution in [3.05, 3.63) is 27.7 Å². The molecule has 5 N–H and O–H groups in total. The lowest BCUT2D eigenvalue weighted by atomic mass is 9.80. The van der Waals surface area contributed by atoms with Gasteiger partial charge in [0.05, 0.1) is 5.69 Å². The predicted molar refractivity (Wildman–Crippen MR) is 110 cm³/mol. The van der Waals surface area contributed by atoms with E-state index in [9.17, 15) is 4.79 Å². The number of nitrogen functional groups attached to an aromatic ring is 1. The molecule has 1 saturated carbocycles. The van der Waals surface area contributed by atoms with Crippen molar-refractivity contribution in [2.75, 3.05) is 25.4 Å². The van der Waals surface area contributed by atoms with Gasteiger partial charge in [0, 0.05) is 29.2 Å². The molecule has 1 unspecified atom stereocenters. The minimum absolute atomic E-state index is 0.0937. The van der Waals surface area contributed by atoms with Gasteiger partial charge < -0.3 is 21.5 Å². The van der Waals surface area contributed by atoms with Gasteiger partial charge in [-0.1, -0.05) is 26.2 Å². The molecule has 6 heteroatoms. The molecule has 26 heavy (non-hydrogen) atoms. The molecular formula is C20H32BrN3O2. The van der Waals surface area contributed by atoms with Crippen molar-refractivity contribution >= 4 is 27.5 Å². The van der Waals surface area contributed by atoms with Gasteiger partial charge in [-0.2, -0.15) is 0 Å². The number of carbonyl (C=O) groups is 1. The summed E-state index contributed by atoms with van der Waals surface area (Å²) in [5.41, 5.74) is 8.75. The largest absolute Gasteiger partial charge is 0.398 e. The molecule has 1 aliphatic rings. The van der Waals surface area contributed by atoms with Crippen LogP contribution in [0, 0.1) is 5.92 Å². The summed E-state index contributed by atoms with van der Waals surface area (Å²) in [5, 5.41) is 15.4. The number of hydrogen-bond donors (Lipinski definition) is 4. The Bertz CT molecular complexity index is 589. The van der Waals surface area contributed by atoms with Crippen LogP contribution in [0.25, 0.3) is 0 Å². The molecule has 0 spiro atoms. The van der Waals surface area contributed by atoms with E-state index in [0.717, 1.165) is 28.7 Å². The highest BCUT2D eigenvalue weighted by molar-refractivity contribution is 9.10. The molecule has 0 heterocycles. The number of hydrogen-bond acceptors (Lipinski definition) is 4. The van der Waals surface area contributed by atoms with Crippen molar-refractivity contribution in [1.29, 1.82) is 0 Å². The molecule has 146 valence electrons. The fourth-order valence-electron chi connectivity index (χ4n) is 3.79. The fraction of sp³-hybridized carbons (Fsp3) is 0.650. The summed E-state index contributed by atoms with van der Waals surface area (Å²) in [4.78, 5) is 12.5. The maximum Gasteiger partial charge on any atom is 0.251 e. The monoisotopic (exact) mass is 425 g/mol. The first-order valence-corrected chi connectivity index (χ1v) is 10.6. The van der Waals surface area contributed by atoms with Crippen LogP contribution in [-0.4, -0.2) is 30.7 Å². The first-order chi connectivity index (χ1) is 12.6. The Kier molecular flexibility index (Phi) is 8.88. The van der Waals surface area contributed by atoms with Gasteiger partial charge >= 0.3 is 0 Å². The molecule has 1 aromatic rings. The number of unbranched alkanes of at least 4 members (excludes halogenated alkanes) is 1. The summed E-state index contributed by atoms with van der Waals surface area (Å²) in [5.74, 6) is 0.463. The van der Waals surface area contributed by atoms with E-state index in [2.05, 4.69) is 33.5 Å². The maximum absolute atomic E-state index is 12.5. The van der Waals surface area contributed by atoms with Crippen molar-refractivity contribution in [2.24, 2.45) is 5.92 Å². The second kappa shape index (κ2) is 10.9. The van der Waals surface area contributed by atoms with Gasteiger partial charge in [0.15, 0.2) is 0 Å². The third-order valence-electron chi connectivity index (χ3n) is 5.17. The van der Waals surface area contributed by atoms with Crippen LogP contribution < -0.4 is 16.4 Å². The molecular weight excluding hydrogens is 394 g/mol. The molecule has 5 nitrogen and oxygen atoms in total. The number of aliphatic hydroxyl groups excluding tert-OH is 1. The number of aliphatic hydroxyl groups is 1. The Balaban J connectivity index is 2.22. The van der Waals surface area contributed by atoms with Gasteiger partial charge in [-0.15, -0.1) is 0 Å². The highest BCUT2D eigenvalue weighted by Gasteiger charge is 2.27. The van der Waals surface area contributed by atoms with E-state index in [1.807, 2.05) is 6.07 Å². The SMILES string of the molecule is CCNC(c1cc(C(=O)NCCCCO)cc(Br)c1N)C1CCCCC1. The van der Waals surface area contributed by atoms with E-state index in [4.69, 9.17) is 10.8 Å². The van der Waals surface area contributed by atoms with E-state index in [-0.39, 0.29) is 18.6 Å². The summed E-state index contributed by atoms with van der Waals surface area (Å²) in [6.45, 7) is 3.70. The van der Waals surface area contributed by atoms with Crippen LogP contribution in [0.15, 0.2) is 16.6 Å². The molecule has 0 radical (unpaired) electrons. The fourth-order valence-corrected chi connectivity index (χ4v) is 4.26. The lowest BCUT2D eigenvalue weighted by Gasteiger charge is -2.32. The van der Waals surface area contributed by atoms with E-state index >= 15 is 0 Å². The van der Waals surface area contributed by atoms with Gasteiger partial charge in [0.25, 0.3) is 5.91 Å². The van der Waals surface area contributed by atoms with Crippen molar-refractivity contribution in [3.8, 4) is 0 Å². The third-order valence-corrected chi connectivity index (χ3v) is 5.83. The summed E-state index contributed by atoms with van der Waals surface area (Å²) in [6.07, 6.45) is 7.70. The number of rotatable bonds is 9. The number of nitrogens with one attached hydrogen (secondary N) is 2. The van der Waals surface area contributed by atoms with Crippen LogP contribution in [0.1, 0.15) is 73.8 Å². The van der Waals surface area contributed by atoms with E-state index in [1.165, 1.54) is 32.1 Å².